The minimum Gasteiger partial charge on any atom is -0.493 e. The van der Waals surface area contributed by atoms with E-state index in [0.29, 0.717) is 6.61 Å². The Kier molecular flexibility index (Phi) is 9.27. The fraction of sp³-hybridized carbons (Fsp3) is 0.588. The molecule has 0 amide bonds. The van der Waals surface area contributed by atoms with Gasteiger partial charge in [-0.25, -0.2) is 0 Å². The van der Waals surface area contributed by atoms with E-state index in [-0.39, 0.29) is 24.0 Å². The zero-order valence-corrected chi connectivity index (χ0v) is 16.0. The van der Waals surface area contributed by atoms with Gasteiger partial charge in [0.1, 0.15) is 5.75 Å². The Bertz CT molecular complexity index is 459. The molecule has 0 atom stereocenters. The summed E-state index contributed by atoms with van der Waals surface area (Å²) in [6.07, 6.45) is 3.50. The van der Waals surface area contributed by atoms with Crippen LogP contribution in [0.3, 0.4) is 0 Å². The molecular formula is C17H28IN3O. The van der Waals surface area contributed by atoms with Gasteiger partial charge >= 0.3 is 0 Å². The van der Waals surface area contributed by atoms with Gasteiger partial charge < -0.3 is 15.0 Å². The Morgan fingerprint density at radius 2 is 2.00 bits per heavy atom. The molecule has 1 aromatic rings. The summed E-state index contributed by atoms with van der Waals surface area (Å²) in [6.45, 7) is 8.90. The van der Waals surface area contributed by atoms with Crippen LogP contribution in [0.2, 0.25) is 0 Å². The molecule has 1 aliphatic rings. The van der Waals surface area contributed by atoms with Gasteiger partial charge in [-0.2, -0.15) is 0 Å². The van der Waals surface area contributed by atoms with E-state index < -0.39 is 0 Å². The number of rotatable bonds is 6. The van der Waals surface area contributed by atoms with Crippen LogP contribution in [0.5, 0.6) is 5.75 Å². The lowest BCUT2D eigenvalue weighted by atomic mass is 10.2. The topological polar surface area (TPSA) is 36.9 Å². The third kappa shape index (κ3) is 6.02. The molecule has 5 heteroatoms. The average Bonchev–Trinajstić information content (AvgIpc) is 3.02. The molecule has 0 aliphatic carbocycles. The highest BCUT2D eigenvalue weighted by atomic mass is 127. The molecule has 4 nitrogen and oxygen atoms in total. The SMILES string of the molecule is CCNC(=NCCCOc1ccccc1C)N1CCCC1.I. The molecule has 0 unspecified atom stereocenters. The van der Waals surface area contributed by atoms with Crippen molar-refractivity contribution in [1.29, 1.82) is 0 Å². The van der Waals surface area contributed by atoms with E-state index in [4.69, 9.17) is 9.73 Å². The van der Waals surface area contributed by atoms with Crippen molar-refractivity contribution in [2.24, 2.45) is 4.99 Å². The van der Waals surface area contributed by atoms with Crippen LogP contribution in [0.15, 0.2) is 29.3 Å². The van der Waals surface area contributed by atoms with E-state index in [1.807, 2.05) is 18.2 Å². The van der Waals surface area contributed by atoms with Crippen LogP contribution in [0.1, 0.15) is 31.7 Å². The zero-order chi connectivity index (χ0) is 14.9. The third-order valence-electron chi connectivity index (χ3n) is 3.66. The lowest BCUT2D eigenvalue weighted by Crippen LogP contribution is -2.39. The number of aryl methyl sites for hydroxylation is 1. The molecule has 0 aromatic heterocycles. The van der Waals surface area contributed by atoms with E-state index in [2.05, 4.69) is 30.1 Å². The predicted octanol–water partition coefficient (Wildman–Crippen LogP) is 3.44. The quantitative estimate of drug-likeness (QED) is 0.334. The molecule has 0 saturated carbocycles. The number of nitrogens with one attached hydrogen (secondary N) is 1. The number of ether oxygens (including phenoxy) is 1. The highest BCUT2D eigenvalue weighted by Gasteiger charge is 2.14. The van der Waals surface area contributed by atoms with Crippen molar-refractivity contribution in [2.45, 2.75) is 33.1 Å². The van der Waals surface area contributed by atoms with Gasteiger partial charge in [0.15, 0.2) is 5.96 Å². The van der Waals surface area contributed by atoms with Crippen LogP contribution in [0.4, 0.5) is 0 Å². The summed E-state index contributed by atoms with van der Waals surface area (Å²) < 4.78 is 5.80. The highest BCUT2D eigenvalue weighted by molar-refractivity contribution is 14.0. The predicted molar refractivity (Wildman–Crippen MR) is 103 cm³/mol. The molecule has 0 bridgehead atoms. The standard InChI is InChI=1S/C17H27N3O.HI/c1-3-18-17(20-12-6-7-13-20)19-11-8-14-21-16-10-5-4-9-15(16)2;/h4-5,9-10H,3,6-8,11-14H2,1-2H3,(H,18,19);1H. The Balaban J connectivity index is 0.00000242. The number of hydrogen-bond acceptors (Lipinski definition) is 2. The fourth-order valence-corrected chi connectivity index (χ4v) is 2.50. The van der Waals surface area contributed by atoms with Crippen molar-refractivity contribution in [1.82, 2.24) is 10.2 Å². The second kappa shape index (κ2) is 10.7. The molecule has 124 valence electrons. The Morgan fingerprint density at radius 3 is 2.68 bits per heavy atom. The van der Waals surface area contributed by atoms with Crippen molar-refractivity contribution in [3.05, 3.63) is 29.8 Å². The van der Waals surface area contributed by atoms with E-state index in [9.17, 15) is 0 Å². The number of guanidine groups is 1. The van der Waals surface area contributed by atoms with Gasteiger partial charge in [-0.05, 0) is 38.3 Å². The fourth-order valence-electron chi connectivity index (χ4n) is 2.50. The number of halogens is 1. The monoisotopic (exact) mass is 417 g/mol. The van der Waals surface area contributed by atoms with Crippen LogP contribution in [0.25, 0.3) is 0 Å². The molecular weight excluding hydrogens is 389 g/mol. The Hall–Kier alpha value is -0.980. The molecule has 0 radical (unpaired) electrons. The summed E-state index contributed by atoms with van der Waals surface area (Å²) in [6, 6.07) is 8.14. The molecule has 22 heavy (non-hydrogen) atoms. The highest BCUT2D eigenvalue weighted by Crippen LogP contribution is 2.16. The lowest BCUT2D eigenvalue weighted by Gasteiger charge is -2.20. The molecule has 0 spiro atoms. The van der Waals surface area contributed by atoms with Crippen LogP contribution < -0.4 is 10.1 Å². The van der Waals surface area contributed by atoms with Crippen molar-refractivity contribution in [3.8, 4) is 5.75 Å². The van der Waals surface area contributed by atoms with Gasteiger partial charge in [-0.1, -0.05) is 18.2 Å². The molecule has 2 rings (SSSR count). The number of hydrogen-bond donors (Lipinski definition) is 1. The zero-order valence-electron chi connectivity index (χ0n) is 13.7. The number of para-hydroxylation sites is 1. The van der Waals surface area contributed by atoms with Gasteiger partial charge in [-0.3, -0.25) is 4.99 Å². The third-order valence-corrected chi connectivity index (χ3v) is 3.66. The first-order chi connectivity index (χ1) is 10.3. The van der Waals surface area contributed by atoms with Gasteiger partial charge in [0.05, 0.1) is 6.61 Å². The summed E-state index contributed by atoms with van der Waals surface area (Å²) in [4.78, 5) is 7.05. The van der Waals surface area contributed by atoms with Crippen LogP contribution >= 0.6 is 24.0 Å². The first kappa shape index (κ1) is 19.1. The largest absolute Gasteiger partial charge is 0.493 e. The Labute approximate surface area is 151 Å². The van der Waals surface area contributed by atoms with Gasteiger partial charge in [0.2, 0.25) is 0 Å². The number of aliphatic imine (C=N–C) groups is 1. The Morgan fingerprint density at radius 1 is 1.27 bits per heavy atom. The minimum atomic E-state index is 0. The van der Waals surface area contributed by atoms with E-state index in [0.717, 1.165) is 44.3 Å². The normalized spacial score (nSPS) is 14.6. The van der Waals surface area contributed by atoms with Crippen molar-refractivity contribution in [2.75, 3.05) is 32.8 Å². The summed E-state index contributed by atoms with van der Waals surface area (Å²) in [5.74, 6) is 2.04. The van der Waals surface area contributed by atoms with E-state index >= 15 is 0 Å². The van der Waals surface area contributed by atoms with Crippen LogP contribution in [0, 0.1) is 6.92 Å². The van der Waals surface area contributed by atoms with E-state index in [1.165, 1.54) is 18.4 Å². The van der Waals surface area contributed by atoms with Crippen molar-refractivity contribution >= 4 is 29.9 Å². The molecule has 1 fully saturated rings. The van der Waals surface area contributed by atoms with Gasteiger partial charge in [0, 0.05) is 32.6 Å². The van der Waals surface area contributed by atoms with Crippen molar-refractivity contribution < 1.29 is 4.74 Å². The lowest BCUT2D eigenvalue weighted by molar-refractivity contribution is 0.311. The molecule has 1 N–H and O–H groups in total. The van der Waals surface area contributed by atoms with Gasteiger partial charge in [0.25, 0.3) is 0 Å². The summed E-state index contributed by atoms with van der Waals surface area (Å²) in [5, 5.41) is 3.38. The number of nitrogens with zero attached hydrogens (tertiary/aromatic N) is 2. The molecule has 1 heterocycles. The molecule has 1 saturated heterocycles. The van der Waals surface area contributed by atoms with Gasteiger partial charge in [-0.15, -0.1) is 24.0 Å². The number of likely N-dealkylation sites (tertiary alicyclic amines) is 1. The number of benzene rings is 1. The maximum atomic E-state index is 5.80. The first-order valence-electron chi connectivity index (χ1n) is 8.03. The van der Waals surface area contributed by atoms with Crippen molar-refractivity contribution in [3.63, 3.8) is 0 Å². The average molecular weight is 417 g/mol. The maximum absolute atomic E-state index is 5.80. The molecule has 1 aliphatic heterocycles. The smallest absolute Gasteiger partial charge is 0.193 e. The summed E-state index contributed by atoms with van der Waals surface area (Å²) in [7, 11) is 0. The van der Waals surface area contributed by atoms with E-state index in [1.54, 1.807) is 0 Å². The maximum Gasteiger partial charge on any atom is 0.193 e. The summed E-state index contributed by atoms with van der Waals surface area (Å²) >= 11 is 0. The first-order valence-corrected chi connectivity index (χ1v) is 8.03. The second-order valence-corrected chi connectivity index (χ2v) is 5.40. The van der Waals surface area contributed by atoms with Crippen LogP contribution in [-0.2, 0) is 0 Å². The molecule has 1 aromatic carbocycles. The second-order valence-electron chi connectivity index (χ2n) is 5.40. The minimum absolute atomic E-state index is 0. The van der Waals surface area contributed by atoms with Crippen LogP contribution in [-0.4, -0.2) is 43.6 Å². The summed E-state index contributed by atoms with van der Waals surface area (Å²) in [5.41, 5.74) is 1.19.